The summed E-state index contributed by atoms with van der Waals surface area (Å²) >= 11 is 0. The van der Waals surface area contributed by atoms with Crippen molar-refractivity contribution in [2.45, 2.75) is 114 Å². The molecule has 14 heteroatoms. The van der Waals surface area contributed by atoms with Gasteiger partial charge in [0.1, 0.15) is 35.5 Å². The number of carbonyl (C=O) groups is 4. The monoisotopic (exact) mass is 759 g/mol. The molecular weight excluding hydrogens is 711 g/mol. The van der Waals surface area contributed by atoms with Crippen molar-refractivity contribution in [1.29, 1.82) is 0 Å². The molecule has 4 aliphatic carbocycles. The Morgan fingerprint density at radius 3 is 2.11 bits per heavy atom. The van der Waals surface area contributed by atoms with Gasteiger partial charge in [0.2, 0.25) is 21.8 Å². The maximum Gasteiger partial charge on any atom is 0.408 e. The minimum Gasteiger partial charge on any atom is -0.446 e. The molecule has 13 nitrogen and oxygen atoms in total. The molecule has 4 amide bonds. The molecule has 7 rings (SSSR count). The number of rotatable bonds is 11. The first-order valence-electron chi connectivity index (χ1n) is 18.9. The fourth-order valence-electron chi connectivity index (χ4n) is 7.91. The van der Waals surface area contributed by atoms with Crippen molar-refractivity contribution in [3.63, 3.8) is 0 Å². The molecule has 2 aromatic carbocycles. The van der Waals surface area contributed by atoms with Crippen LogP contribution in [0.5, 0.6) is 0 Å². The van der Waals surface area contributed by atoms with Crippen molar-refractivity contribution in [3.05, 3.63) is 71.8 Å². The molecule has 1 heterocycles. The van der Waals surface area contributed by atoms with Crippen LogP contribution in [-0.2, 0) is 34.0 Å². The molecule has 1 aliphatic heterocycles. The van der Waals surface area contributed by atoms with Gasteiger partial charge in [-0.1, -0.05) is 86.6 Å². The molecule has 1 saturated heterocycles. The molecular formula is C40H49N5O8S. The van der Waals surface area contributed by atoms with Crippen LogP contribution < -0.4 is 15.4 Å². The van der Waals surface area contributed by atoms with E-state index in [1.54, 1.807) is 19.1 Å². The van der Waals surface area contributed by atoms with Gasteiger partial charge in [-0.2, -0.15) is 0 Å². The molecule has 0 spiro atoms. The zero-order chi connectivity index (χ0) is 38.4. The smallest absolute Gasteiger partial charge is 0.408 e. The Bertz CT molecular complexity index is 1950. The standard InChI is InChI=1S/C40H49N5O8S/c1-5-12-24-22-40(24,37(48)44-54(50,51)27-19-20-27)42-35(46)32-21-26(53-43-33-30-17-10-8-15-28(30)29-16-9-11-18-31(29)33)23-45(32)36(47)34(39(2,3)4)41-38(49)52-25-13-6-7-14-25/h5,8-12,15-18,24-27,32,34H,6-7,13-14,19-23H2,1-4H3,(H,41,49)(H,42,46)(H,44,48)/b12-5-/t24-,26-,32+,34-,40+/m1/s1. The number of nitrogens with zero attached hydrogens (tertiary/aromatic N) is 2. The molecule has 288 valence electrons. The first-order chi connectivity index (χ1) is 25.7. The summed E-state index contributed by atoms with van der Waals surface area (Å²) in [5, 5.41) is 9.62. The highest BCUT2D eigenvalue weighted by atomic mass is 32.2. The Hall–Kier alpha value is -4.72. The summed E-state index contributed by atoms with van der Waals surface area (Å²) in [7, 11) is -3.89. The van der Waals surface area contributed by atoms with Crippen LogP contribution in [0.15, 0.2) is 65.8 Å². The predicted octanol–water partition coefficient (Wildman–Crippen LogP) is 4.55. The number of nitrogens with one attached hydrogen (secondary N) is 3. The number of carbonyl (C=O) groups excluding carboxylic acids is 4. The van der Waals surface area contributed by atoms with E-state index < -0.39 is 74.1 Å². The van der Waals surface area contributed by atoms with Crippen LogP contribution >= 0.6 is 0 Å². The number of alkyl carbamates (subject to hydrolysis) is 1. The Labute approximate surface area is 316 Å². The van der Waals surface area contributed by atoms with Crippen LogP contribution in [0, 0.1) is 11.3 Å². The molecule has 3 saturated carbocycles. The highest BCUT2D eigenvalue weighted by molar-refractivity contribution is 7.91. The topological polar surface area (TPSA) is 173 Å². The second kappa shape index (κ2) is 14.5. The van der Waals surface area contributed by atoms with Gasteiger partial charge >= 0.3 is 6.09 Å². The van der Waals surface area contributed by atoms with E-state index in [1.807, 2.05) is 69.3 Å². The lowest BCUT2D eigenvalue weighted by Crippen LogP contribution is -2.60. The molecule has 0 aromatic heterocycles. The van der Waals surface area contributed by atoms with E-state index in [1.165, 1.54) is 4.90 Å². The minimum absolute atomic E-state index is 0.0313. The highest BCUT2D eigenvalue weighted by Crippen LogP contribution is 2.46. The number of hydrogen-bond donors (Lipinski definition) is 3. The summed E-state index contributed by atoms with van der Waals surface area (Å²) in [6.07, 6.45) is 6.49. The number of amides is 4. The van der Waals surface area contributed by atoms with Crippen molar-refractivity contribution in [2.24, 2.45) is 16.5 Å². The number of ether oxygens (including phenoxy) is 1. The van der Waals surface area contributed by atoms with Gasteiger partial charge in [-0.05, 0) is 68.4 Å². The minimum atomic E-state index is -3.89. The van der Waals surface area contributed by atoms with Gasteiger partial charge in [0, 0.05) is 23.5 Å². The number of hydrogen-bond acceptors (Lipinski definition) is 9. The lowest BCUT2D eigenvalue weighted by molar-refractivity contribution is -0.143. The number of benzene rings is 2. The maximum atomic E-state index is 14.6. The third-order valence-corrected chi connectivity index (χ3v) is 13.0. The van der Waals surface area contributed by atoms with E-state index in [2.05, 4.69) is 20.5 Å². The van der Waals surface area contributed by atoms with Crippen molar-refractivity contribution in [2.75, 3.05) is 6.54 Å². The average Bonchev–Trinajstić information content (AvgIpc) is 3.95. The molecule has 3 N–H and O–H groups in total. The third kappa shape index (κ3) is 7.49. The highest BCUT2D eigenvalue weighted by Gasteiger charge is 2.62. The SMILES string of the molecule is C/C=C\[C@@H]1C[C@@]1(NC(=O)[C@@H]1C[C@@H](ON=C2c3ccccc3-c3ccccc32)CN1C(=O)[C@@H](NC(=O)OC1CCCC1)C(C)(C)C)C(=O)NS(=O)(=O)C1CC1. The molecule has 2 aromatic rings. The lowest BCUT2D eigenvalue weighted by atomic mass is 9.85. The molecule has 0 radical (unpaired) electrons. The van der Waals surface area contributed by atoms with Crippen LogP contribution in [0.2, 0.25) is 0 Å². The molecule has 4 fully saturated rings. The van der Waals surface area contributed by atoms with E-state index in [-0.39, 0.29) is 25.5 Å². The van der Waals surface area contributed by atoms with E-state index in [4.69, 9.17) is 9.57 Å². The number of likely N-dealkylation sites (tertiary alicyclic amines) is 1. The van der Waals surface area contributed by atoms with Crippen molar-refractivity contribution in [1.82, 2.24) is 20.3 Å². The first kappa shape index (κ1) is 37.6. The summed E-state index contributed by atoms with van der Waals surface area (Å²) in [4.78, 5) is 63.3. The van der Waals surface area contributed by atoms with Gasteiger partial charge < -0.3 is 25.1 Å². The summed E-state index contributed by atoms with van der Waals surface area (Å²) in [6, 6.07) is 13.5. The van der Waals surface area contributed by atoms with Gasteiger partial charge in [0.05, 0.1) is 11.8 Å². The van der Waals surface area contributed by atoms with Crippen LogP contribution in [0.1, 0.15) is 90.2 Å². The summed E-state index contributed by atoms with van der Waals surface area (Å²) in [5.41, 5.74) is 2.18. The Balaban J connectivity index is 1.16. The fourth-order valence-corrected chi connectivity index (χ4v) is 9.27. The number of oxime groups is 1. The van der Waals surface area contributed by atoms with Crippen molar-refractivity contribution < 1.29 is 37.2 Å². The Morgan fingerprint density at radius 2 is 1.54 bits per heavy atom. The van der Waals surface area contributed by atoms with Crippen LogP contribution in [-0.4, -0.2) is 84.5 Å². The summed E-state index contributed by atoms with van der Waals surface area (Å²) in [6.45, 7) is 7.20. The molecule has 54 heavy (non-hydrogen) atoms. The zero-order valence-corrected chi connectivity index (χ0v) is 32.0. The van der Waals surface area contributed by atoms with Crippen LogP contribution in [0.3, 0.4) is 0 Å². The van der Waals surface area contributed by atoms with Gasteiger partial charge in [-0.15, -0.1) is 0 Å². The maximum absolute atomic E-state index is 14.6. The van der Waals surface area contributed by atoms with E-state index in [9.17, 15) is 27.6 Å². The average molecular weight is 760 g/mol. The molecule has 5 atom stereocenters. The predicted molar refractivity (Wildman–Crippen MR) is 202 cm³/mol. The zero-order valence-electron chi connectivity index (χ0n) is 31.2. The largest absolute Gasteiger partial charge is 0.446 e. The summed E-state index contributed by atoms with van der Waals surface area (Å²) in [5.74, 6) is -2.40. The van der Waals surface area contributed by atoms with Crippen LogP contribution in [0.25, 0.3) is 11.1 Å². The van der Waals surface area contributed by atoms with Gasteiger partial charge in [-0.25, -0.2) is 13.2 Å². The third-order valence-electron chi connectivity index (χ3n) is 11.1. The molecule has 0 unspecified atom stereocenters. The molecule has 0 bridgehead atoms. The normalized spacial score (nSPS) is 25.4. The summed E-state index contributed by atoms with van der Waals surface area (Å²) < 4.78 is 33.4. The Morgan fingerprint density at radius 1 is 0.926 bits per heavy atom. The van der Waals surface area contributed by atoms with Crippen LogP contribution in [0.4, 0.5) is 4.79 Å². The lowest BCUT2D eigenvalue weighted by Gasteiger charge is -2.35. The van der Waals surface area contributed by atoms with Crippen molar-refractivity contribution in [3.8, 4) is 11.1 Å². The number of fused-ring (bicyclic) bond motifs is 3. The molecule has 5 aliphatic rings. The van der Waals surface area contributed by atoms with Crippen molar-refractivity contribution >= 4 is 39.5 Å². The Kier molecular flexibility index (Phi) is 10.1. The van der Waals surface area contributed by atoms with E-state index in [0.717, 1.165) is 47.9 Å². The number of sulfonamides is 1. The van der Waals surface area contributed by atoms with Gasteiger partial charge in [0.25, 0.3) is 5.91 Å². The van der Waals surface area contributed by atoms with E-state index >= 15 is 0 Å². The van der Waals surface area contributed by atoms with Gasteiger partial charge in [0.15, 0.2) is 0 Å². The van der Waals surface area contributed by atoms with E-state index in [0.29, 0.717) is 18.6 Å². The quantitative estimate of drug-likeness (QED) is 0.189. The number of allylic oxidation sites excluding steroid dienone is 1. The second-order valence-corrected chi connectivity index (χ2v) is 18.2. The first-order valence-corrected chi connectivity index (χ1v) is 20.5. The fraction of sp³-hybridized carbons (Fsp3) is 0.525. The second-order valence-electron chi connectivity index (χ2n) is 16.2. The van der Waals surface area contributed by atoms with Gasteiger partial charge in [-0.3, -0.25) is 19.1 Å².